The number of methoxy groups -OCH3 is 1. The van der Waals surface area contributed by atoms with Gasteiger partial charge in [0.2, 0.25) is 5.91 Å². The molecule has 0 heterocycles. The average molecular weight is 170 g/mol. The highest BCUT2D eigenvalue weighted by Gasteiger charge is 2.10. The largest absolute Gasteiger partial charge is 0.375 e. The summed E-state index contributed by atoms with van der Waals surface area (Å²) in [4.78, 5) is 12.6. The molecule has 0 rings (SSSR count). The Kier molecular flexibility index (Phi) is 5.06. The minimum atomic E-state index is -0.129. The summed E-state index contributed by atoms with van der Waals surface area (Å²) < 4.78 is 4.67. The third kappa shape index (κ3) is 3.94. The topological polar surface area (TPSA) is 53.3 Å². The molecular formula is C8H14N2O2. The summed E-state index contributed by atoms with van der Waals surface area (Å²) in [7, 11) is 3.13. The molecule has 0 fully saturated rings. The summed E-state index contributed by atoms with van der Waals surface area (Å²) in [6.45, 7) is 2.31. The van der Waals surface area contributed by atoms with Crippen LogP contribution < -0.4 is 0 Å². The van der Waals surface area contributed by atoms with Gasteiger partial charge in [-0.1, -0.05) is 0 Å². The van der Waals surface area contributed by atoms with Gasteiger partial charge in [-0.15, -0.1) is 0 Å². The van der Waals surface area contributed by atoms with Gasteiger partial charge in [-0.25, -0.2) is 0 Å². The van der Waals surface area contributed by atoms with Crippen molar-refractivity contribution in [3.63, 3.8) is 0 Å². The van der Waals surface area contributed by atoms with Crippen LogP contribution in [0.2, 0.25) is 0 Å². The van der Waals surface area contributed by atoms with Crippen molar-refractivity contribution in [2.75, 3.05) is 27.3 Å². The van der Waals surface area contributed by atoms with E-state index < -0.39 is 0 Å². The predicted molar refractivity (Wildman–Crippen MR) is 44.3 cm³/mol. The second-order valence-corrected chi connectivity index (χ2v) is 2.74. The average Bonchev–Trinajstić information content (AvgIpc) is 2.04. The van der Waals surface area contributed by atoms with Crippen LogP contribution in [0.3, 0.4) is 0 Å². The van der Waals surface area contributed by atoms with Crippen LogP contribution in [0.5, 0.6) is 0 Å². The van der Waals surface area contributed by atoms with Crippen LogP contribution in [0.15, 0.2) is 0 Å². The van der Waals surface area contributed by atoms with E-state index in [2.05, 4.69) is 10.8 Å². The molecule has 0 radical (unpaired) electrons. The van der Waals surface area contributed by atoms with Crippen molar-refractivity contribution in [3.8, 4) is 6.07 Å². The van der Waals surface area contributed by atoms with Gasteiger partial charge in [0.25, 0.3) is 0 Å². The zero-order valence-corrected chi connectivity index (χ0v) is 7.70. The minimum Gasteiger partial charge on any atom is -0.375 e. The number of carbonyl (C=O) groups excluding carboxylic acids is 1. The van der Waals surface area contributed by atoms with E-state index in [4.69, 9.17) is 5.26 Å². The Morgan fingerprint density at radius 1 is 1.75 bits per heavy atom. The summed E-state index contributed by atoms with van der Waals surface area (Å²) in [5.74, 6) is -0.226. The standard InChI is InChI=1S/C8H14N2O2/c1-7(4-9)5-10(2)8(11)6-12-3/h7H,5-6H2,1-3H3. The molecular weight excluding hydrogens is 156 g/mol. The molecule has 0 aliphatic rings. The van der Waals surface area contributed by atoms with Gasteiger partial charge in [0.15, 0.2) is 0 Å². The molecule has 12 heavy (non-hydrogen) atoms. The number of amides is 1. The van der Waals surface area contributed by atoms with Crippen molar-refractivity contribution < 1.29 is 9.53 Å². The van der Waals surface area contributed by atoms with Crippen LogP contribution in [0.4, 0.5) is 0 Å². The SMILES string of the molecule is COCC(=O)N(C)CC(C)C#N. The van der Waals surface area contributed by atoms with Crippen LogP contribution in [0.25, 0.3) is 0 Å². The Bertz CT molecular complexity index is 186. The molecule has 0 saturated heterocycles. The molecule has 1 amide bonds. The van der Waals surface area contributed by atoms with Crippen LogP contribution in [0, 0.1) is 17.2 Å². The fraction of sp³-hybridized carbons (Fsp3) is 0.750. The Hall–Kier alpha value is -1.08. The van der Waals surface area contributed by atoms with E-state index in [0.29, 0.717) is 6.54 Å². The molecule has 0 aromatic carbocycles. The normalized spacial score (nSPS) is 11.8. The smallest absolute Gasteiger partial charge is 0.248 e. The van der Waals surface area contributed by atoms with E-state index in [1.807, 2.05) is 0 Å². The van der Waals surface area contributed by atoms with Gasteiger partial charge in [-0.3, -0.25) is 4.79 Å². The van der Waals surface area contributed by atoms with Crippen LogP contribution in [-0.2, 0) is 9.53 Å². The lowest BCUT2D eigenvalue weighted by molar-refractivity contribution is -0.134. The van der Waals surface area contributed by atoms with Gasteiger partial charge >= 0.3 is 0 Å². The first-order valence-corrected chi connectivity index (χ1v) is 3.74. The lowest BCUT2D eigenvalue weighted by Crippen LogP contribution is -2.33. The summed E-state index contributed by atoms with van der Waals surface area (Å²) >= 11 is 0. The van der Waals surface area contributed by atoms with Gasteiger partial charge < -0.3 is 9.64 Å². The summed E-state index contributed by atoms with van der Waals surface area (Å²) in [5, 5.41) is 8.48. The second-order valence-electron chi connectivity index (χ2n) is 2.74. The van der Waals surface area contributed by atoms with Crippen molar-refractivity contribution in [1.29, 1.82) is 5.26 Å². The zero-order valence-electron chi connectivity index (χ0n) is 7.70. The molecule has 0 bridgehead atoms. The Morgan fingerprint density at radius 3 is 2.75 bits per heavy atom. The number of likely N-dealkylation sites (N-methyl/N-ethyl adjacent to an activating group) is 1. The zero-order chi connectivity index (χ0) is 9.56. The Morgan fingerprint density at radius 2 is 2.33 bits per heavy atom. The monoisotopic (exact) mass is 170 g/mol. The number of hydrogen-bond donors (Lipinski definition) is 0. The number of nitrogens with zero attached hydrogens (tertiary/aromatic N) is 2. The highest BCUT2D eigenvalue weighted by Crippen LogP contribution is 1.96. The molecule has 0 spiro atoms. The van der Waals surface area contributed by atoms with E-state index in [1.54, 1.807) is 14.0 Å². The van der Waals surface area contributed by atoms with E-state index in [-0.39, 0.29) is 18.4 Å². The third-order valence-corrected chi connectivity index (χ3v) is 1.46. The summed E-state index contributed by atoms with van der Waals surface area (Å²) in [6, 6.07) is 2.06. The molecule has 0 aromatic rings. The van der Waals surface area contributed by atoms with Crippen molar-refractivity contribution in [3.05, 3.63) is 0 Å². The van der Waals surface area contributed by atoms with E-state index in [0.717, 1.165) is 0 Å². The van der Waals surface area contributed by atoms with Gasteiger partial charge in [0.05, 0.1) is 12.0 Å². The van der Waals surface area contributed by atoms with Crippen molar-refractivity contribution in [1.82, 2.24) is 4.90 Å². The van der Waals surface area contributed by atoms with E-state index in [9.17, 15) is 4.79 Å². The fourth-order valence-electron chi connectivity index (χ4n) is 0.787. The maximum Gasteiger partial charge on any atom is 0.248 e. The quantitative estimate of drug-likeness (QED) is 0.607. The van der Waals surface area contributed by atoms with Crippen LogP contribution in [0.1, 0.15) is 6.92 Å². The van der Waals surface area contributed by atoms with Crippen LogP contribution in [-0.4, -0.2) is 38.1 Å². The highest BCUT2D eigenvalue weighted by molar-refractivity contribution is 5.77. The minimum absolute atomic E-state index is 0.0780. The van der Waals surface area contributed by atoms with Crippen molar-refractivity contribution in [2.24, 2.45) is 5.92 Å². The summed E-state index contributed by atoms with van der Waals surface area (Å²) in [5.41, 5.74) is 0. The molecule has 4 heteroatoms. The molecule has 0 N–H and O–H groups in total. The number of nitriles is 1. The number of carbonyl (C=O) groups is 1. The first kappa shape index (κ1) is 10.9. The lowest BCUT2D eigenvalue weighted by Gasteiger charge is -2.17. The lowest BCUT2D eigenvalue weighted by atomic mass is 10.2. The third-order valence-electron chi connectivity index (χ3n) is 1.46. The molecule has 0 aromatic heterocycles. The number of hydrogen-bond acceptors (Lipinski definition) is 3. The Balaban J connectivity index is 3.80. The van der Waals surface area contributed by atoms with Crippen LogP contribution >= 0.6 is 0 Å². The van der Waals surface area contributed by atoms with Gasteiger partial charge in [-0.2, -0.15) is 5.26 Å². The fourth-order valence-corrected chi connectivity index (χ4v) is 0.787. The first-order valence-electron chi connectivity index (χ1n) is 3.74. The molecule has 0 saturated carbocycles. The maximum absolute atomic E-state index is 11.1. The number of rotatable bonds is 4. The van der Waals surface area contributed by atoms with Gasteiger partial charge in [0, 0.05) is 20.7 Å². The molecule has 0 aliphatic heterocycles. The van der Waals surface area contributed by atoms with E-state index >= 15 is 0 Å². The maximum atomic E-state index is 11.1. The number of ether oxygens (including phenoxy) is 1. The van der Waals surface area contributed by atoms with Crippen molar-refractivity contribution in [2.45, 2.75) is 6.92 Å². The predicted octanol–water partition coefficient (Wildman–Crippen LogP) is 0.251. The Labute approximate surface area is 72.7 Å². The first-order chi connectivity index (χ1) is 5.61. The highest BCUT2D eigenvalue weighted by atomic mass is 16.5. The van der Waals surface area contributed by atoms with Gasteiger partial charge in [-0.05, 0) is 6.92 Å². The second kappa shape index (κ2) is 5.56. The summed E-state index contributed by atoms with van der Waals surface area (Å²) in [6.07, 6.45) is 0. The molecule has 1 unspecified atom stereocenters. The molecule has 1 atom stereocenters. The molecule has 4 nitrogen and oxygen atoms in total. The van der Waals surface area contributed by atoms with Crippen molar-refractivity contribution >= 4 is 5.91 Å². The van der Waals surface area contributed by atoms with E-state index in [1.165, 1.54) is 12.0 Å². The molecule has 68 valence electrons. The van der Waals surface area contributed by atoms with Gasteiger partial charge in [0.1, 0.15) is 6.61 Å². The molecule has 0 aliphatic carbocycles.